The molecule has 0 saturated carbocycles. The molecule has 0 aliphatic carbocycles. The van der Waals surface area contributed by atoms with E-state index in [1.165, 1.54) is 0 Å². The molecular weight excluding hydrogens is 168 g/mol. The minimum absolute atomic E-state index is 0.443. The first-order valence-electron chi connectivity index (χ1n) is 3.93. The summed E-state index contributed by atoms with van der Waals surface area (Å²) in [6.07, 6.45) is 0.802. The van der Waals surface area contributed by atoms with Crippen LogP contribution in [-0.4, -0.2) is 20.5 Å². The molecule has 13 heavy (non-hydrogen) atoms. The predicted octanol–water partition coefficient (Wildman–Crippen LogP) is 1.65. The molecule has 0 unspecified atom stereocenters. The quantitative estimate of drug-likeness (QED) is 0.661. The number of methoxy groups -OCH3 is 2. The average molecular weight is 180 g/mol. The Kier molecular flexibility index (Phi) is 3.46. The van der Waals surface area contributed by atoms with Gasteiger partial charge in [-0.3, -0.25) is 4.79 Å². The first kappa shape index (κ1) is 9.74. The Morgan fingerprint density at radius 2 is 2.15 bits per heavy atom. The van der Waals surface area contributed by atoms with Crippen LogP contribution in [0.15, 0.2) is 18.2 Å². The Bertz CT molecular complexity index is 294. The van der Waals surface area contributed by atoms with Crippen LogP contribution >= 0.6 is 0 Å². The highest BCUT2D eigenvalue weighted by Gasteiger charge is 2.02. The van der Waals surface area contributed by atoms with E-state index in [0.717, 1.165) is 11.8 Å². The summed E-state index contributed by atoms with van der Waals surface area (Å²) in [6, 6.07) is 5.33. The van der Waals surface area contributed by atoms with E-state index >= 15 is 0 Å². The molecule has 1 rings (SSSR count). The lowest BCUT2D eigenvalue weighted by molar-refractivity contribution is 0.111. The van der Waals surface area contributed by atoms with Gasteiger partial charge >= 0.3 is 0 Å². The summed E-state index contributed by atoms with van der Waals surface area (Å²) in [6.45, 7) is 0.443. The normalized spacial score (nSPS) is 9.69. The third-order valence-electron chi connectivity index (χ3n) is 1.78. The summed E-state index contributed by atoms with van der Waals surface area (Å²) in [7, 11) is 3.17. The topological polar surface area (TPSA) is 35.5 Å². The summed E-state index contributed by atoms with van der Waals surface area (Å²) in [5, 5.41) is 0. The Morgan fingerprint density at radius 3 is 2.69 bits per heavy atom. The summed E-state index contributed by atoms with van der Waals surface area (Å²) < 4.78 is 9.93. The zero-order chi connectivity index (χ0) is 9.68. The third-order valence-corrected chi connectivity index (χ3v) is 1.78. The number of hydrogen-bond acceptors (Lipinski definition) is 3. The molecule has 70 valence electrons. The maximum Gasteiger partial charge on any atom is 0.150 e. The van der Waals surface area contributed by atoms with Gasteiger partial charge in [0.05, 0.1) is 13.7 Å². The maximum atomic E-state index is 10.7. The maximum absolute atomic E-state index is 10.7. The summed E-state index contributed by atoms with van der Waals surface area (Å²) in [5.74, 6) is 0.682. The van der Waals surface area contributed by atoms with Crippen LogP contribution in [0.5, 0.6) is 5.75 Å². The number of aldehydes is 1. The SMILES string of the molecule is COCc1ccc(OC)cc1C=O. The lowest BCUT2D eigenvalue weighted by atomic mass is 10.1. The molecule has 1 aromatic carbocycles. The van der Waals surface area contributed by atoms with Gasteiger partial charge in [0, 0.05) is 12.7 Å². The molecule has 0 saturated heterocycles. The number of benzene rings is 1. The van der Waals surface area contributed by atoms with Crippen LogP contribution in [0.3, 0.4) is 0 Å². The molecule has 0 heterocycles. The van der Waals surface area contributed by atoms with Gasteiger partial charge in [-0.05, 0) is 17.7 Å². The van der Waals surface area contributed by atoms with Crippen molar-refractivity contribution in [3.05, 3.63) is 29.3 Å². The molecule has 0 aromatic heterocycles. The predicted molar refractivity (Wildman–Crippen MR) is 49.1 cm³/mol. The van der Waals surface area contributed by atoms with Crippen molar-refractivity contribution >= 4 is 6.29 Å². The van der Waals surface area contributed by atoms with Crippen molar-refractivity contribution < 1.29 is 14.3 Å². The van der Waals surface area contributed by atoms with Crippen molar-refractivity contribution in [2.24, 2.45) is 0 Å². The highest BCUT2D eigenvalue weighted by molar-refractivity contribution is 5.78. The zero-order valence-corrected chi connectivity index (χ0v) is 7.74. The number of carbonyl (C=O) groups is 1. The second kappa shape index (κ2) is 4.62. The molecule has 1 aromatic rings. The molecule has 0 atom stereocenters. The fourth-order valence-corrected chi connectivity index (χ4v) is 1.10. The van der Waals surface area contributed by atoms with Gasteiger partial charge in [-0.1, -0.05) is 6.07 Å². The second-order valence-corrected chi connectivity index (χ2v) is 2.62. The number of hydrogen-bond donors (Lipinski definition) is 0. The van der Waals surface area contributed by atoms with Crippen LogP contribution in [0.1, 0.15) is 15.9 Å². The molecule has 0 radical (unpaired) electrons. The molecule has 0 fully saturated rings. The third kappa shape index (κ3) is 2.29. The number of rotatable bonds is 4. The van der Waals surface area contributed by atoms with Gasteiger partial charge in [-0.25, -0.2) is 0 Å². The van der Waals surface area contributed by atoms with E-state index in [4.69, 9.17) is 9.47 Å². The summed E-state index contributed by atoms with van der Waals surface area (Å²) >= 11 is 0. The van der Waals surface area contributed by atoms with Gasteiger partial charge in [-0.2, -0.15) is 0 Å². The van der Waals surface area contributed by atoms with Gasteiger partial charge in [-0.15, -0.1) is 0 Å². The van der Waals surface area contributed by atoms with Crippen LogP contribution in [0.4, 0.5) is 0 Å². The molecule has 0 aliphatic heterocycles. The molecule has 3 heteroatoms. The van der Waals surface area contributed by atoms with Crippen molar-refractivity contribution in [3.8, 4) is 5.75 Å². The second-order valence-electron chi connectivity index (χ2n) is 2.62. The van der Waals surface area contributed by atoms with E-state index in [2.05, 4.69) is 0 Å². The molecule has 0 aliphatic rings. The minimum Gasteiger partial charge on any atom is -0.497 e. The highest BCUT2D eigenvalue weighted by Crippen LogP contribution is 2.16. The zero-order valence-electron chi connectivity index (χ0n) is 7.74. The molecule has 3 nitrogen and oxygen atoms in total. The standard InChI is InChI=1S/C10H12O3/c1-12-7-8-3-4-10(13-2)5-9(8)6-11/h3-6H,7H2,1-2H3. The van der Waals surface area contributed by atoms with Crippen LogP contribution in [0.25, 0.3) is 0 Å². The van der Waals surface area contributed by atoms with Gasteiger partial charge < -0.3 is 9.47 Å². The Morgan fingerprint density at radius 1 is 1.38 bits per heavy atom. The fraction of sp³-hybridized carbons (Fsp3) is 0.300. The smallest absolute Gasteiger partial charge is 0.150 e. The van der Waals surface area contributed by atoms with Gasteiger partial charge in [0.1, 0.15) is 5.75 Å². The van der Waals surface area contributed by atoms with E-state index in [-0.39, 0.29) is 0 Å². The average Bonchev–Trinajstić information content (AvgIpc) is 2.19. The van der Waals surface area contributed by atoms with Crippen molar-refractivity contribution in [2.45, 2.75) is 6.61 Å². The summed E-state index contributed by atoms with van der Waals surface area (Å²) in [4.78, 5) is 10.7. The Balaban J connectivity index is 3.00. The molecule has 0 N–H and O–H groups in total. The van der Waals surface area contributed by atoms with E-state index in [9.17, 15) is 4.79 Å². The molecule has 0 spiro atoms. The van der Waals surface area contributed by atoms with Crippen molar-refractivity contribution in [1.82, 2.24) is 0 Å². The molecular formula is C10H12O3. The summed E-state index contributed by atoms with van der Waals surface area (Å²) in [5.41, 5.74) is 1.49. The molecule has 0 amide bonds. The van der Waals surface area contributed by atoms with E-state index in [0.29, 0.717) is 17.9 Å². The highest BCUT2D eigenvalue weighted by atomic mass is 16.5. The van der Waals surface area contributed by atoms with Crippen LogP contribution in [0.2, 0.25) is 0 Å². The van der Waals surface area contributed by atoms with Crippen molar-refractivity contribution in [1.29, 1.82) is 0 Å². The monoisotopic (exact) mass is 180 g/mol. The van der Waals surface area contributed by atoms with Crippen molar-refractivity contribution in [3.63, 3.8) is 0 Å². The number of ether oxygens (including phenoxy) is 2. The minimum atomic E-state index is 0.443. The van der Waals surface area contributed by atoms with Crippen LogP contribution < -0.4 is 4.74 Å². The van der Waals surface area contributed by atoms with Crippen LogP contribution in [-0.2, 0) is 11.3 Å². The van der Waals surface area contributed by atoms with E-state index in [1.54, 1.807) is 26.4 Å². The first-order chi connectivity index (χ1) is 6.31. The van der Waals surface area contributed by atoms with E-state index in [1.807, 2.05) is 6.07 Å². The fourth-order valence-electron chi connectivity index (χ4n) is 1.10. The largest absolute Gasteiger partial charge is 0.497 e. The Hall–Kier alpha value is -1.35. The van der Waals surface area contributed by atoms with Gasteiger partial charge in [0.2, 0.25) is 0 Å². The van der Waals surface area contributed by atoms with Crippen molar-refractivity contribution in [2.75, 3.05) is 14.2 Å². The van der Waals surface area contributed by atoms with Gasteiger partial charge in [0.25, 0.3) is 0 Å². The van der Waals surface area contributed by atoms with E-state index < -0.39 is 0 Å². The lowest BCUT2D eigenvalue weighted by Gasteiger charge is -2.05. The van der Waals surface area contributed by atoms with Crippen LogP contribution in [0, 0.1) is 0 Å². The first-order valence-corrected chi connectivity index (χ1v) is 3.93. The lowest BCUT2D eigenvalue weighted by Crippen LogP contribution is -1.95. The Labute approximate surface area is 77.3 Å². The van der Waals surface area contributed by atoms with Gasteiger partial charge in [0.15, 0.2) is 6.29 Å². The number of carbonyl (C=O) groups excluding carboxylic acids is 1. The molecule has 0 bridgehead atoms.